The summed E-state index contributed by atoms with van der Waals surface area (Å²) in [6, 6.07) is -2.42. The molecular weight excluding hydrogens is 522 g/mol. The standard InChI is InChI=1S/C15H26F10O6Si2/c1-26-32(27-2,28-3)9-7-11(16,17)13(20,21)15(24,25)14(22,23)12(18,19)8-10-33(29-4,30-5)31-6/h7-10H2,1-6H3. The molecule has 0 radical (unpaired) electrons. The molecule has 0 heterocycles. The van der Waals surface area contributed by atoms with Gasteiger partial charge < -0.3 is 26.6 Å². The fourth-order valence-electron chi connectivity index (χ4n) is 2.70. The van der Waals surface area contributed by atoms with Crippen molar-refractivity contribution in [3.8, 4) is 0 Å². The first-order valence-electron chi connectivity index (χ1n) is 8.98. The van der Waals surface area contributed by atoms with E-state index in [2.05, 4.69) is 26.6 Å². The Morgan fingerprint density at radius 1 is 0.424 bits per heavy atom. The first-order valence-corrected chi connectivity index (χ1v) is 12.8. The molecule has 0 spiro atoms. The smallest absolute Gasteiger partial charge is 0.377 e. The number of alkyl halides is 10. The minimum absolute atomic E-state index is 0.891. The predicted molar refractivity (Wildman–Crippen MR) is 97.1 cm³/mol. The molecule has 0 fully saturated rings. The third-order valence-corrected chi connectivity index (χ3v) is 10.5. The van der Waals surface area contributed by atoms with E-state index in [0.29, 0.717) is 0 Å². The number of halogens is 10. The normalized spacial score (nSPS) is 15.3. The molecule has 0 N–H and O–H groups in total. The van der Waals surface area contributed by atoms with Gasteiger partial charge in [-0.05, 0) is 0 Å². The molecule has 0 aromatic rings. The number of hydrogen-bond donors (Lipinski definition) is 0. The van der Waals surface area contributed by atoms with Gasteiger partial charge in [0.2, 0.25) is 0 Å². The summed E-state index contributed by atoms with van der Waals surface area (Å²) in [6.07, 6.45) is -4.38. The third-order valence-electron chi connectivity index (χ3n) is 5.06. The molecule has 200 valence electrons. The van der Waals surface area contributed by atoms with Crippen molar-refractivity contribution in [2.75, 3.05) is 42.7 Å². The lowest BCUT2D eigenvalue weighted by Gasteiger charge is -2.40. The molecule has 0 aliphatic carbocycles. The summed E-state index contributed by atoms with van der Waals surface area (Å²) in [5, 5.41) is 0. The van der Waals surface area contributed by atoms with Gasteiger partial charge in [-0.25, -0.2) is 0 Å². The van der Waals surface area contributed by atoms with Gasteiger partial charge in [-0.3, -0.25) is 0 Å². The van der Waals surface area contributed by atoms with Crippen molar-refractivity contribution in [3.63, 3.8) is 0 Å². The van der Waals surface area contributed by atoms with Crippen molar-refractivity contribution in [3.05, 3.63) is 0 Å². The van der Waals surface area contributed by atoms with Crippen LogP contribution in [-0.2, 0) is 26.6 Å². The maximum atomic E-state index is 14.1. The van der Waals surface area contributed by atoms with Crippen LogP contribution in [0.1, 0.15) is 12.8 Å². The van der Waals surface area contributed by atoms with E-state index in [1.54, 1.807) is 0 Å². The van der Waals surface area contributed by atoms with Crippen LogP contribution in [-0.4, -0.2) is 89.9 Å². The zero-order valence-corrected chi connectivity index (χ0v) is 20.6. The minimum Gasteiger partial charge on any atom is -0.377 e. The van der Waals surface area contributed by atoms with Crippen molar-refractivity contribution in [1.29, 1.82) is 0 Å². The topological polar surface area (TPSA) is 55.4 Å². The van der Waals surface area contributed by atoms with E-state index in [-0.39, 0.29) is 0 Å². The molecule has 0 bridgehead atoms. The lowest BCUT2D eigenvalue weighted by molar-refractivity contribution is -0.401. The molecule has 0 rings (SSSR count). The molecule has 33 heavy (non-hydrogen) atoms. The van der Waals surface area contributed by atoms with Crippen molar-refractivity contribution < 1.29 is 70.5 Å². The summed E-state index contributed by atoms with van der Waals surface area (Å²) in [7, 11) is -2.70. The van der Waals surface area contributed by atoms with Gasteiger partial charge in [-0.2, -0.15) is 43.9 Å². The molecule has 0 aliphatic heterocycles. The Bertz CT molecular complexity index is 551. The molecular formula is C15H26F10O6Si2. The van der Waals surface area contributed by atoms with Gasteiger partial charge in [0.25, 0.3) is 0 Å². The second-order valence-electron chi connectivity index (χ2n) is 6.72. The Hall–Kier alpha value is -0.506. The molecule has 0 saturated carbocycles. The van der Waals surface area contributed by atoms with Crippen LogP contribution in [0.3, 0.4) is 0 Å². The van der Waals surface area contributed by atoms with Crippen LogP contribution < -0.4 is 0 Å². The highest BCUT2D eigenvalue weighted by molar-refractivity contribution is 6.60. The zero-order valence-electron chi connectivity index (χ0n) is 18.6. The highest BCUT2D eigenvalue weighted by Crippen LogP contribution is 2.59. The van der Waals surface area contributed by atoms with Gasteiger partial charge >= 0.3 is 47.2 Å². The van der Waals surface area contributed by atoms with Crippen LogP contribution in [0.2, 0.25) is 12.1 Å². The molecule has 0 aliphatic rings. The third kappa shape index (κ3) is 6.01. The van der Waals surface area contributed by atoms with Crippen molar-refractivity contribution in [2.45, 2.75) is 54.5 Å². The lowest BCUT2D eigenvalue weighted by Crippen LogP contribution is -2.67. The van der Waals surface area contributed by atoms with Gasteiger partial charge in [0.1, 0.15) is 0 Å². The average Bonchev–Trinajstić information content (AvgIpc) is 2.76. The molecule has 0 aromatic carbocycles. The van der Waals surface area contributed by atoms with E-state index in [1.165, 1.54) is 0 Å². The van der Waals surface area contributed by atoms with E-state index < -0.39 is 72.2 Å². The maximum Gasteiger partial charge on any atom is 0.500 e. The van der Waals surface area contributed by atoms with Gasteiger partial charge in [0.15, 0.2) is 0 Å². The fourth-order valence-corrected chi connectivity index (χ4v) is 6.17. The Labute approximate surface area is 186 Å². The van der Waals surface area contributed by atoms with Crippen LogP contribution in [0.4, 0.5) is 43.9 Å². The van der Waals surface area contributed by atoms with Crippen molar-refractivity contribution in [2.24, 2.45) is 0 Å². The molecule has 0 atom stereocenters. The molecule has 0 saturated heterocycles. The van der Waals surface area contributed by atoms with Crippen LogP contribution in [0.15, 0.2) is 0 Å². The Morgan fingerprint density at radius 2 is 0.636 bits per heavy atom. The average molecular weight is 549 g/mol. The van der Waals surface area contributed by atoms with Gasteiger partial charge in [0.05, 0.1) is 0 Å². The van der Waals surface area contributed by atoms with Gasteiger partial charge in [0, 0.05) is 67.6 Å². The highest BCUT2D eigenvalue weighted by Gasteiger charge is 2.85. The lowest BCUT2D eigenvalue weighted by atomic mass is 9.92. The summed E-state index contributed by atoms with van der Waals surface area (Å²) in [5.41, 5.74) is 0. The monoisotopic (exact) mass is 548 g/mol. The van der Waals surface area contributed by atoms with Gasteiger partial charge in [-0.15, -0.1) is 0 Å². The largest absolute Gasteiger partial charge is 0.500 e. The summed E-state index contributed by atoms with van der Waals surface area (Å²) in [6.45, 7) is 0. The predicted octanol–water partition coefficient (Wildman–Crippen LogP) is 4.70. The summed E-state index contributed by atoms with van der Waals surface area (Å²) in [5.74, 6) is -32.7. The molecule has 0 aromatic heterocycles. The van der Waals surface area contributed by atoms with Crippen LogP contribution in [0, 0.1) is 0 Å². The summed E-state index contributed by atoms with van der Waals surface area (Å²) >= 11 is 0. The number of rotatable bonds is 16. The molecule has 0 amide bonds. The zero-order chi connectivity index (χ0) is 26.6. The Morgan fingerprint density at radius 3 is 0.818 bits per heavy atom. The van der Waals surface area contributed by atoms with E-state index in [0.717, 1.165) is 42.7 Å². The SMILES string of the molecule is CO[Si](CCC(F)(F)C(F)(F)C(F)(F)C(F)(F)C(F)(F)CC[Si](OC)(OC)OC)(OC)OC. The summed E-state index contributed by atoms with van der Waals surface area (Å²) in [4.78, 5) is 0. The van der Waals surface area contributed by atoms with Gasteiger partial charge in [-0.1, -0.05) is 0 Å². The van der Waals surface area contributed by atoms with Crippen LogP contribution in [0.25, 0.3) is 0 Å². The molecule has 0 unspecified atom stereocenters. The Kier molecular flexibility index (Phi) is 10.9. The van der Waals surface area contributed by atoms with E-state index in [4.69, 9.17) is 0 Å². The first kappa shape index (κ1) is 32.5. The van der Waals surface area contributed by atoms with Crippen molar-refractivity contribution >= 4 is 17.6 Å². The maximum absolute atomic E-state index is 14.1. The van der Waals surface area contributed by atoms with E-state index in [9.17, 15) is 43.9 Å². The van der Waals surface area contributed by atoms with Crippen LogP contribution in [0.5, 0.6) is 0 Å². The first-order chi connectivity index (χ1) is 14.8. The molecule has 6 nitrogen and oxygen atoms in total. The second-order valence-corrected chi connectivity index (χ2v) is 12.9. The fraction of sp³-hybridized carbons (Fsp3) is 1.00. The second kappa shape index (κ2) is 11.0. The minimum atomic E-state index is -7.18. The summed E-state index contributed by atoms with van der Waals surface area (Å²) < 4.78 is 169. The highest BCUT2D eigenvalue weighted by atomic mass is 28.4. The van der Waals surface area contributed by atoms with E-state index in [1.807, 2.05) is 0 Å². The van der Waals surface area contributed by atoms with E-state index >= 15 is 0 Å². The number of hydrogen-bond acceptors (Lipinski definition) is 6. The quantitative estimate of drug-likeness (QED) is 0.206. The van der Waals surface area contributed by atoms with Crippen LogP contribution >= 0.6 is 0 Å². The Balaban J connectivity index is 5.98. The molecule has 18 heteroatoms. The van der Waals surface area contributed by atoms with Crippen molar-refractivity contribution in [1.82, 2.24) is 0 Å².